The predicted molar refractivity (Wildman–Crippen MR) is 79.2 cm³/mol. The van der Waals surface area contributed by atoms with Crippen molar-refractivity contribution in [1.29, 1.82) is 0 Å². The van der Waals surface area contributed by atoms with Gasteiger partial charge in [0.25, 0.3) is 0 Å². The summed E-state index contributed by atoms with van der Waals surface area (Å²) >= 11 is 0. The molecule has 1 aromatic carbocycles. The molecule has 1 heterocycles. The molecule has 0 N–H and O–H groups in total. The molecule has 0 aliphatic carbocycles. The van der Waals surface area contributed by atoms with Crippen molar-refractivity contribution in [3.63, 3.8) is 0 Å². The van der Waals surface area contributed by atoms with Gasteiger partial charge in [0.1, 0.15) is 5.78 Å². The molecule has 1 atom stereocenters. The number of rotatable bonds is 5. The molecule has 0 spiro atoms. The monoisotopic (exact) mass is 259 g/mol. The molecule has 0 aromatic heterocycles. The fraction of sp³-hybridized carbons (Fsp3) is 0.588. The molecule has 2 nitrogen and oxygen atoms in total. The van der Waals surface area contributed by atoms with Crippen LogP contribution in [0.2, 0.25) is 0 Å². The maximum Gasteiger partial charge on any atom is 0.131 e. The van der Waals surface area contributed by atoms with Gasteiger partial charge in [0.15, 0.2) is 0 Å². The summed E-state index contributed by atoms with van der Waals surface area (Å²) in [5, 5.41) is 0. The molecule has 2 heteroatoms. The van der Waals surface area contributed by atoms with Gasteiger partial charge >= 0.3 is 0 Å². The Balaban J connectivity index is 1.78. The SMILES string of the molecule is CC(=O)CC(C)N1CCC(Cc2ccccc2)CC1. The molecular formula is C17H25NO. The van der Waals surface area contributed by atoms with Crippen LogP contribution in [-0.4, -0.2) is 29.8 Å². The Kier molecular flexibility index (Phi) is 5.15. The second-order valence-corrected chi connectivity index (χ2v) is 5.92. The smallest absolute Gasteiger partial charge is 0.131 e. The number of carbonyl (C=O) groups is 1. The van der Waals surface area contributed by atoms with Gasteiger partial charge in [0, 0.05) is 12.5 Å². The molecule has 1 aliphatic rings. The lowest BCUT2D eigenvalue weighted by molar-refractivity contribution is -0.118. The minimum Gasteiger partial charge on any atom is -0.300 e. The molecule has 104 valence electrons. The fourth-order valence-corrected chi connectivity index (χ4v) is 3.09. The molecule has 1 aliphatic heterocycles. The van der Waals surface area contributed by atoms with E-state index in [1.165, 1.54) is 24.8 Å². The second kappa shape index (κ2) is 6.85. The first-order valence-corrected chi connectivity index (χ1v) is 7.42. The van der Waals surface area contributed by atoms with Crippen LogP contribution in [0.5, 0.6) is 0 Å². The van der Waals surface area contributed by atoms with E-state index >= 15 is 0 Å². The lowest BCUT2D eigenvalue weighted by atomic mass is 9.89. The van der Waals surface area contributed by atoms with Crippen LogP contribution < -0.4 is 0 Å². The van der Waals surface area contributed by atoms with E-state index in [0.29, 0.717) is 18.2 Å². The lowest BCUT2D eigenvalue weighted by Crippen LogP contribution is -2.41. The number of hydrogen-bond acceptors (Lipinski definition) is 2. The van der Waals surface area contributed by atoms with E-state index in [4.69, 9.17) is 0 Å². The van der Waals surface area contributed by atoms with Gasteiger partial charge < -0.3 is 4.90 Å². The van der Waals surface area contributed by atoms with E-state index in [9.17, 15) is 4.79 Å². The van der Waals surface area contributed by atoms with Crippen LogP contribution >= 0.6 is 0 Å². The molecule has 1 saturated heterocycles. The number of hydrogen-bond donors (Lipinski definition) is 0. The number of benzene rings is 1. The molecule has 19 heavy (non-hydrogen) atoms. The third kappa shape index (κ3) is 4.46. The highest BCUT2D eigenvalue weighted by Gasteiger charge is 2.23. The summed E-state index contributed by atoms with van der Waals surface area (Å²) in [6.07, 6.45) is 4.42. The maximum atomic E-state index is 11.2. The summed E-state index contributed by atoms with van der Waals surface area (Å²) in [6.45, 7) is 6.16. The number of Topliss-reactive ketones (excluding diaryl/α,β-unsaturated/α-hetero) is 1. The number of piperidine rings is 1. The van der Waals surface area contributed by atoms with Gasteiger partial charge in [-0.3, -0.25) is 4.79 Å². The Morgan fingerprint density at radius 3 is 2.47 bits per heavy atom. The molecule has 1 fully saturated rings. The normalized spacial score (nSPS) is 19.3. The minimum atomic E-state index is 0.305. The average Bonchev–Trinajstić information content (AvgIpc) is 2.40. The number of ketones is 1. The van der Waals surface area contributed by atoms with Crippen molar-refractivity contribution in [3.05, 3.63) is 35.9 Å². The summed E-state index contributed by atoms with van der Waals surface area (Å²) in [6, 6.07) is 11.2. The first kappa shape index (κ1) is 14.3. The summed E-state index contributed by atoms with van der Waals surface area (Å²) < 4.78 is 0. The Morgan fingerprint density at radius 1 is 1.26 bits per heavy atom. The first-order valence-electron chi connectivity index (χ1n) is 7.42. The molecule has 2 rings (SSSR count). The van der Waals surface area contributed by atoms with Crippen molar-refractivity contribution in [2.24, 2.45) is 5.92 Å². The zero-order chi connectivity index (χ0) is 13.7. The van der Waals surface area contributed by atoms with Gasteiger partial charge in [-0.2, -0.15) is 0 Å². The van der Waals surface area contributed by atoms with Gasteiger partial charge in [-0.1, -0.05) is 30.3 Å². The number of nitrogens with zero attached hydrogens (tertiary/aromatic N) is 1. The van der Waals surface area contributed by atoms with E-state index in [1.54, 1.807) is 6.92 Å². The van der Waals surface area contributed by atoms with Crippen LogP contribution in [0.25, 0.3) is 0 Å². The van der Waals surface area contributed by atoms with Crippen LogP contribution in [-0.2, 0) is 11.2 Å². The molecule has 1 unspecified atom stereocenters. The van der Waals surface area contributed by atoms with E-state index in [2.05, 4.69) is 42.2 Å². The summed E-state index contributed by atoms with van der Waals surface area (Å²) in [5.41, 5.74) is 1.46. The van der Waals surface area contributed by atoms with E-state index in [-0.39, 0.29) is 0 Å². The summed E-state index contributed by atoms with van der Waals surface area (Å²) in [4.78, 5) is 13.7. The second-order valence-electron chi connectivity index (χ2n) is 5.92. The van der Waals surface area contributed by atoms with Crippen molar-refractivity contribution in [3.8, 4) is 0 Å². The largest absolute Gasteiger partial charge is 0.300 e. The van der Waals surface area contributed by atoms with Gasteiger partial charge in [0.2, 0.25) is 0 Å². The molecule has 0 saturated carbocycles. The standard InChI is InChI=1S/C17H25NO/c1-14(12-15(2)19)18-10-8-17(9-11-18)13-16-6-4-3-5-7-16/h3-7,14,17H,8-13H2,1-2H3. The third-order valence-corrected chi connectivity index (χ3v) is 4.22. The first-order chi connectivity index (χ1) is 9.15. The molecule has 0 radical (unpaired) electrons. The average molecular weight is 259 g/mol. The van der Waals surface area contributed by atoms with E-state index in [0.717, 1.165) is 19.0 Å². The fourth-order valence-electron chi connectivity index (χ4n) is 3.09. The molecule has 0 amide bonds. The number of carbonyl (C=O) groups excluding carboxylic acids is 1. The van der Waals surface area contributed by atoms with E-state index in [1.807, 2.05) is 0 Å². The summed E-state index contributed by atoms with van der Waals surface area (Å²) in [5.74, 6) is 1.11. The van der Waals surface area contributed by atoms with Gasteiger partial charge in [0.05, 0.1) is 0 Å². The van der Waals surface area contributed by atoms with Crippen LogP contribution in [0.3, 0.4) is 0 Å². The molecule has 1 aromatic rings. The highest BCUT2D eigenvalue weighted by molar-refractivity contribution is 5.76. The zero-order valence-corrected chi connectivity index (χ0v) is 12.1. The van der Waals surface area contributed by atoms with Gasteiger partial charge in [-0.25, -0.2) is 0 Å². The van der Waals surface area contributed by atoms with Gasteiger partial charge in [-0.05, 0) is 57.7 Å². The Labute approximate surface area is 116 Å². The zero-order valence-electron chi connectivity index (χ0n) is 12.1. The highest BCUT2D eigenvalue weighted by Crippen LogP contribution is 2.23. The minimum absolute atomic E-state index is 0.305. The highest BCUT2D eigenvalue weighted by atomic mass is 16.1. The third-order valence-electron chi connectivity index (χ3n) is 4.22. The van der Waals surface area contributed by atoms with Crippen molar-refractivity contribution >= 4 is 5.78 Å². The van der Waals surface area contributed by atoms with Crippen molar-refractivity contribution in [2.45, 2.75) is 45.6 Å². The summed E-state index contributed by atoms with van der Waals surface area (Å²) in [7, 11) is 0. The van der Waals surface area contributed by atoms with Crippen LogP contribution in [0.4, 0.5) is 0 Å². The van der Waals surface area contributed by atoms with Crippen molar-refractivity contribution in [2.75, 3.05) is 13.1 Å². The predicted octanol–water partition coefficient (Wildman–Crippen LogP) is 3.31. The Hall–Kier alpha value is -1.15. The van der Waals surface area contributed by atoms with Crippen molar-refractivity contribution in [1.82, 2.24) is 4.90 Å². The topological polar surface area (TPSA) is 20.3 Å². The van der Waals surface area contributed by atoms with E-state index < -0.39 is 0 Å². The molecular weight excluding hydrogens is 234 g/mol. The Morgan fingerprint density at radius 2 is 1.89 bits per heavy atom. The van der Waals surface area contributed by atoms with Gasteiger partial charge in [-0.15, -0.1) is 0 Å². The molecule has 0 bridgehead atoms. The lowest BCUT2D eigenvalue weighted by Gasteiger charge is -2.35. The quantitative estimate of drug-likeness (QED) is 0.808. The van der Waals surface area contributed by atoms with Crippen molar-refractivity contribution < 1.29 is 4.79 Å². The Bertz CT molecular complexity index is 393. The number of likely N-dealkylation sites (tertiary alicyclic amines) is 1. The van der Waals surface area contributed by atoms with Crippen LogP contribution in [0.1, 0.15) is 38.7 Å². The van der Waals surface area contributed by atoms with Crippen LogP contribution in [0.15, 0.2) is 30.3 Å². The van der Waals surface area contributed by atoms with Crippen LogP contribution in [0, 0.1) is 5.92 Å². The maximum absolute atomic E-state index is 11.2.